The van der Waals surface area contributed by atoms with Crippen LogP contribution >= 0.6 is 0 Å². The number of hydrogen-bond acceptors (Lipinski definition) is 3. The molecule has 2 aliphatic rings. The third-order valence-corrected chi connectivity index (χ3v) is 4.35. The van der Waals surface area contributed by atoms with Gasteiger partial charge in [0.05, 0.1) is 17.6 Å². The van der Waals surface area contributed by atoms with E-state index in [0.29, 0.717) is 6.61 Å². The zero-order chi connectivity index (χ0) is 15.7. The number of carbonyl (C=O) groups is 1. The molecule has 0 heterocycles. The van der Waals surface area contributed by atoms with Gasteiger partial charge in [-0.05, 0) is 63.9 Å². The first kappa shape index (κ1) is 16.5. The zero-order valence-electron chi connectivity index (χ0n) is 14.2. The van der Waals surface area contributed by atoms with Crippen molar-refractivity contribution >= 4 is 5.97 Å². The number of ether oxygens (including phenoxy) is 2. The summed E-state index contributed by atoms with van der Waals surface area (Å²) in [7, 11) is 0. The summed E-state index contributed by atoms with van der Waals surface area (Å²) in [6.07, 6.45) is 8.00. The highest BCUT2D eigenvalue weighted by atomic mass is 16.6. The number of esters is 1. The van der Waals surface area contributed by atoms with E-state index in [4.69, 9.17) is 9.47 Å². The average Bonchev–Trinajstić information content (AvgIpc) is 3.18. The fourth-order valence-electron chi connectivity index (χ4n) is 2.99. The molecule has 0 saturated heterocycles. The second-order valence-electron chi connectivity index (χ2n) is 7.96. The molecule has 0 aliphatic heterocycles. The van der Waals surface area contributed by atoms with Gasteiger partial charge >= 0.3 is 5.97 Å². The second kappa shape index (κ2) is 6.12. The molecule has 3 nitrogen and oxygen atoms in total. The van der Waals surface area contributed by atoms with Gasteiger partial charge in [0.15, 0.2) is 0 Å². The Morgan fingerprint density at radius 2 is 2.10 bits per heavy atom. The normalized spacial score (nSPS) is 23.4. The van der Waals surface area contributed by atoms with Crippen LogP contribution in [0.1, 0.15) is 66.7 Å². The predicted octanol–water partition coefficient (Wildman–Crippen LogP) is 4.26. The highest BCUT2D eigenvalue weighted by Crippen LogP contribution is 2.36. The number of hydrogen-bond donors (Lipinski definition) is 0. The smallest absolute Gasteiger partial charge is 0.309 e. The summed E-state index contributed by atoms with van der Waals surface area (Å²) >= 11 is 0. The van der Waals surface area contributed by atoms with E-state index < -0.39 is 5.60 Å². The Kier molecular flexibility index (Phi) is 4.82. The van der Waals surface area contributed by atoms with Crippen molar-refractivity contribution < 1.29 is 14.3 Å². The minimum atomic E-state index is -0.438. The van der Waals surface area contributed by atoms with Crippen molar-refractivity contribution in [3.63, 3.8) is 0 Å². The largest absolute Gasteiger partial charge is 0.462 e. The summed E-state index contributed by atoms with van der Waals surface area (Å²) in [4.78, 5) is 11.6. The van der Waals surface area contributed by atoms with E-state index in [1.807, 2.05) is 13.8 Å². The number of rotatable bonds is 6. The van der Waals surface area contributed by atoms with Gasteiger partial charge in [-0.1, -0.05) is 19.9 Å². The zero-order valence-corrected chi connectivity index (χ0v) is 14.2. The molecule has 0 spiro atoms. The highest BCUT2D eigenvalue weighted by molar-refractivity contribution is 5.74. The van der Waals surface area contributed by atoms with E-state index in [1.54, 1.807) is 0 Å². The third kappa shape index (κ3) is 5.14. The van der Waals surface area contributed by atoms with Crippen molar-refractivity contribution in [2.24, 2.45) is 11.3 Å². The van der Waals surface area contributed by atoms with Crippen LogP contribution < -0.4 is 0 Å². The molecule has 2 rings (SSSR count). The van der Waals surface area contributed by atoms with Crippen molar-refractivity contribution in [1.29, 1.82) is 0 Å². The maximum Gasteiger partial charge on any atom is 0.309 e. The van der Waals surface area contributed by atoms with E-state index in [1.165, 1.54) is 18.4 Å². The molecule has 1 saturated carbocycles. The van der Waals surface area contributed by atoms with Gasteiger partial charge in [-0.3, -0.25) is 4.79 Å². The van der Waals surface area contributed by atoms with Crippen LogP contribution in [0.3, 0.4) is 0 Å². The van der Waals surface area contributed by atoms with Crippen LogP contribution in [0.25, 0.3) is 0 Å². The Bertz CT molecular complexity index is 416. The van der Waals surface area contributed by atoms with Gasteiger partial charge in [-0.15, -0.1) is 0 Å². The molecule has 0 N–H and O–H groups in total. The second-order valence-corrected chi connectivity index (χ2v) is 7.96. The van der Waals surface area contributed by atoms with Crippen molar-refractivity contribution in [2.45, 2.75) is 78.4 Å². The predicted molar refractivity (Wildman–Crippen MR) is 84.0 cm³/mol. The molecule has 1 atom stereocenters. The molecule has 0 radical (unpaired) electrons. The Morgan fingerprint density at radius 3 is 2.67 bits per heavy atom. The van der Waals surface area contributed by atoms with Gasteiger partial charge < -0.3 is 9.47 Å². The summed E-state index contributed by atoms with van der Waals surface area (Å²) in [5, 5.41) is 0. The lowest BCUT2D eigenvalue weighted by atomic mass is 9.78. The molecule has 1 unspecified atom stereocenters. The molecule has 3 heteroatoms. The quantitative estimate of drug-likeness (QED) is 0.542. The molecule has 0 aromatic heterocycles. The summed E-state index contributed by atoms with van der Waals surface area (Å²) in [5.74, 6) is 0.0948. The molecule has 0 aromatic carbocycles. The van der Waals surface area contributed by atoms with E-state index in [2.05, 4.69) is 26.8 Å². The minimum absolute atomic E-state index is 0.0580. The van der Waals surface area contributed by atoms with Gasteiger partial charge in [0.1, 0.15) is 6.61 Å². The first-order valence-electron chi connectivity index (χ1n) is 8.25. The van der Waals surface area contributed by atoms with Crippen molar-refractivity contribution in [1.82, 2.24) is 0 Å². The molecule has 120 valence electrons. The highest BCUT2D eigenvalue weighted by Gasteiger charge is 2.34. The molecule has 0 aromatic rings. The molecular weight excluding hydrogens is 264 g/mol. The van der Waals surface area contributed by atoms with Crippen LogP contribution in [0.2, 0.25) is 0 Å². The molecule has 2 aliphatic carbocycles. The van der Waals surface area contributed by atoms with Crippen LogP contribution in [0, 0.1) is 11.3 Å². The Labute approximate surface area is 129 Å². The minimum Gasteiger partial charge on any atom is -0.462 e. The Balaban J connectivity index is 1.86. The molecule has 1 fully saturated rings. The standard InChI is InChI=1S/C18H30O3/c1-13(15-7-6-10-17(2,3)11-15)21-18(4,5)12-20-16(19)14-8-9-14/h11,13-14H,6-10,12H2,1-5H3. The molecule has 0 amide bonds. The fourth-order valence-corrected chi connectivity index (χ4v) is 2.99. The van der Waals surface area contributed by atoms with Gasteiger partial charge in [0, 0.05) is 0 Å². The summed E-state index contributed by atoms with van der Waals surface area (Å²) in [6.45, 7) is 11.0. The van der Waals surface area contributed by atoms with E-state index >= 15 is 0 Å². The van der Waals surface area contributed by atoms with Gasteiger partial charge in [-0.2, -0.15) is 0 Å². The number of carbonyl (C=O) groups excluding carboxylic acids is 1. The average molecular weight is 294 g/mol. The summed E-state index contributed by atoms with van der Waals surface area (Å²) in [5.41, 5.74) is 1.22. The van der Waals surface area contributed by atoms with Gasteiger partial charge in [-0.25, -0.2) is 0 Å². The lowest BCUT2D eigenvalue weighted by molar-refractivity contribution is -0.157. The SMILES string of the molecule is CC(OC(C)(C)COC(=O)C1CC1)C1=CC(C)(C)CCC1. The van der Waals surface area contributed by atoms with E-state index in [-0.39, 0.29) is 23.4 Å². The third-order valence-electron chi connectivity index (χ3n) is 4.35. The van der Waals surface area contributed by atoms with Crippen molar-refractivity contribution in [3.8, 4) is 0 Å². The molecule has 21 heavy (non-hydrogen) atoms. The van der Waals surface area contributed by atoms with Crippen LogP contribution in [0.4, 0.5) is 0 Å². The molecular formula is C18H30O3. The van der Waals surface area contributed by atoms with Crippen molar-refractivity contribution in [3.05, 3.63) is 11.6 Å². The monoisotopic (exact) mass is 294 g/mol. The maximum atomic E-state index is 11.6. The van der Waals surface area contributed by atoms with Crippen LogP contribution in [-0.2, 0) is 14.3 Å². The van der Waals surface area contributed by atoms with Gasteiger partial charge in [0.2, 0.25) is 0 Å². The first-order valence-corrected chi connectivity index (χ1v) is 8.25. The van der Waals surface area contributed by atoms with Crippen LogP contribution in [0.5, 0.6) is 0 Å². The van der Waals surface area contributed by atoms with Crippen molar-refractivity contribution in [2.75, 3.05) is 6.61 Å². The Hall–Kier alpha value is -0.830. The first-order chi connectivity index (χ1) is 9.69. The van der Waals surface area contributed by atoms with Gasteiger partial charge in [0.25, 0.3) is 0 Å². The summed E-state index contributed by atoms with van der Waals surface area (Å²) < 4.78 is 11.6. The van der Waals surface area contributed by atoms with Crippen LogP contribution in [0.15, 0.2) is 11.6 Å². The van der Waals surface area contributed by atoms with E-state index in [0.717, 1.165) is 19.3 Å². The summed E-state index contributed by atoms with van der Waals surface area (Å²) in [6, 6.07) is 0. The topological polar surface area (TPSA) is 35.5 Å². The Morgan fingerprint density at radius 1 is 1.43 bits per heavy atom. The number of allylic oxidation sites excluding steroid dienone is 1. The van der Waals surface area contributed by atoms with Crippen LogP contribution in [-0.4, -0.2) is 24.3 Å². The lowest BCUT2D eigenvalue weighted by Crippen LogP contribution is -2.36. The van der Waals surface area contributed by atoms with E-state index in [9.17, 15) is 4.79 Å². The maximum absolute atomic E-state index is 11.6. The molecule has 0 bridgehead atoms. The lowest BCUT2D eigenvalue weighted by Gasteiger charge is -2.34. The fraction of sp³-hybridized carbons (Fsp3) is 0.833.